The highest BCUT2D eigenvalue weighted by atomic mass is 35.5. The van der Waals surface area contributed by atoms with Crippen molar-refractivity contribution < 1.29 is 15.0 Å². The van der Waals surface area contributed by atoms with Crippen molar-refractivity contribution in [2.75, 3.05) is 5.75 Å². The smallest absolute Gasteiger partial charge is 0.314 e. The van der Waals surface area contributed by atoms with Gasteiger partial charge >= 0.3 is 5.97 Å². The molecule has 4 atom stereocenters. The number of hydrogen-bond donors (Lipinski definition) is 2. The first-order valence-corrected chi connectivity index (χ1v) is 11.0. The summed E-state index contributed by atoms with van der Waals surface area (Å²) in [5.74, 6) is 3.46. The van der Waals surface area contributed by atoms with E-state index in [9.17, 15) is 9.90 Å². The number of carboxylic acids is 1. The molecule has 0 spiro atoms. The lowest BCUT2D eigenvalue weighted by Gasteiger charge is -2.40. The normalized spacial score (nSPS) is 31.3. The highest BCUT2D eigenvalue weighted by Crippen LogP contribution is 2.53. The van der Waals surface area contributed by atoms with E-state index in [0.29, 0.717) is 17.8 Å². The Kier molecular flexibility index (Phi) is 8.45. The molecule has 0 bridgehead atoms. The molecule has 2 unspecified atom stereocenters. The zero-order chi connectivity index (χ0) is 18.3. The summed E-state index contributed by atoms with van der Waals surface area (Å²) in [6.07, 6.45) is 10.3. The second-order valence-corrected chi connectivity index (χ2v) is 9.16. The number of carbonyl (C=O) groups is 1. The fourth-order valence-corrected chi connectivity index (χ4v) is 5.81. The first-order valence-electron chi connectivity index (χ1n) is 9.66. The number of thioether (sulfide) groups is 1. The van der Waals surface area contributed by atoms with Gasteiger partial charge in [-0.2, -0.15) is 0 Å². The van der Waals surface area contributed by atoms with Crippen LogP contribution in [-0.2, 0) is 4.79 Å². The fourth-order valence-electron chi connectivity index (χ4n) is 4.89. The molecule has 0 heterocycles. The summed E-state index contributed by atoms with van der Waals surface area (Å²) in [5, 5.41) is 22.2. The first-order chi connectivity index (χ1) is 12.0. The Labute approximate surface area is 161 Å². The number of aliphatic hydroxyl groups excluding tert-OH is 1. The molecule has 3 nitrogen and oxygen atoms in total. The average molecular weight is 387 g/mol. The van der Waals surface area contributed by atoms with Gasteiger partial charge < -0.3 is 10.2 Å². The van der Waals surface area contributed by atoms with Crippen LogP contribution < -0.4 is 0 Å². The van der Waals surface area contributed by atoms with Crippen LogP contribution in [0.5, 0.6) is 0 Å². The third-order valence-corrected chi connectivity index (χ3v) is 7.31. The van der Waals surface area contributed by atoms with Crippen molar-refractivity contribution in [3.05, 3.63) is 0 Å². The van der Waals surface area contributed by atoms with Crippen molar-refractivity contribution in [1.29, 1.82) is 0 Å². The number of carboxylic acid groups (broad SMARTS) is 1. The van der Waals surface area contributed by atoms with Crippen LogP contribution in [0.15, 0.2) is 0 Å². The van der Waals surface area contributed by atoms with Gasteiger partial charge in [-0.05, 0) is 55.1 Å². The van der Waals surface area contributed by atoms with Crippen molar-refractivity contribution in [3.63, 3.8) is 0 Å². The maximum atomic E-state index is 10.6. The first kappa shape index (κ1) is 20.9. The van der Waals surface area contributed by atoms with Gasteiger partial charge in [0, 0.05) is 11.3 Å². The lowest BCUT2D eigenvalue weighted by atomic mass is 9.71. The highest BCUT2D eigenvalue weighted by Gasteiger charge is 2.50. The largest absolute Gasteiger partial charge is 0.481 e. The van der Waals surface area contributed by atoms with E-state index in [2.05, 4.69) is 18.1 Å². The van der Waals surface area contributed by atoms with Crippen LogP contribution in [0.25, 0.3) is 0 Å². The lowest BCUT2D eigenvalue weighted by molar-refractivity contribution is -0.133. The number of rotatable bonds is 7. The molecule has 2 fully saturated rings. The van der Waals surface area contributed by atoms with Gasteiger partial charge in [-0.1, -0.05) is 50.3 Å². The third kappa shape index (κ3) is 5.81. The summed E-state index contributed by atoms with van der Waals surface area (Å²) >= 11 is 8.24. The Balaban J connectivity index is 2.00. The van der Waals surface area contributed by atoms with E-state index in [1.54, 1.807) is 0 Å². The topological polar surface area (TPSA) is 57.5 Å². The summed E-state index contributed by atoms with van der Waals surface area (Å²) < 4.78 is 0. The zero-order valence-electron chi connectivity index (χ0n) is 15.2. The molecule has 142 valence electrons. The predicted octanol–water partition coefficient (Wildman–Crippen LogP) is 4.90. The Bertz CT molecular complexity index is 493. The molecule has 2 aliphatic rings. The monoisotopic (exact) mass is 386 g/mol. The Morgan fingerprint density at radius 2 is 1.96 bits per heavy atom. The van der Waals surface area contributed by atoms with E-state index >= 15 is 0 Å². The van der Waals surface area contributed by atoms with Gasteiger partial charge in [0.05, 0.1) is 6.10 Å². The summed E-state index contributed by atoms with van der Waals surface area (Å²) in [6, 6.07) is 0. The molecule has 0 radical (unpaired) electrons. The van der Waals surface area contributed by atoms with Crippen LogP contribution in [0.3, 0.4) is 0 Å². The van der Waals surface area contributed by atoms with Crippen molar-refractivity contribution >= 4 is 29.3 Å². The molecule has 0 saturated heterocycles. The van der Waals surface area contributed by atoms with Crippen molar-refractivity contribution in [1.82, 2.24) is 0 Å². The summed E-state index contributed by atoms with van der Waals surface area (Å²) in [5.41, 5.74) is 0. The summed E-state index contributed by atoms with van der Waals surface area (Å²) in [6.45, 7) is 2.18. The second kappa shape index (κ2) is 10.1. The Morgan fingerprint density at radius 1 is 1.24 bits per heavy atom. The van der Waals surface area contributed by atoms with E-state index < -0.39 is 5.97 Å². The minimum Gasteiger partial charge on any atom is -0.481 e. The van der Waals surface area contributed by atoms with Gasteiger partial charge in [-0.25, -0.2) is 0 Å². The maximum absolute atomic E-state index is 10.6. The van der Waals surface area contributed by atoms with Gasteiger partial charge in [0.1, 0.15) is 5.75 Å². The van der Waals surface area contributed by atoms with Crippen molar-refractivity contribution in [3.8, 4) is 11.2 Å². The number of halogens is 1. The molecule has 2 rings (SSSR count). The van der Waals surface area contributed by atoms with E-state index in [0.717, 1.165) is 56.7 Å². The summed E-state index contributed by atoms with van der Waals surface area (Å²) in [4.78, 5) is 10.4. The van der Waals surface area contributed by atoms with Crippen LogP contribution in [0, 0.1) is 28.9 Å². The Morgan fingerprint density at radius 3 is 2.60 bits per heavy atom. The summed E-state index contributed by atoms with van der Waals surface area (Å²) in [7, 11) is 0. The Hall–Kier alpha value is -0.370. The lowest BCUT2D eigenvalue weighted by Crippen LogP contribution is -2.37. The van der Waals surface area contributed by atoms with Gasteiger partial charge in [0.15, 0.2) is 0 Å². The van der Waals surface area contributed by atoms with E-state index in [1.165, 1.54) is 19.3 Å². The van der Waals surface area contributed by atoms with Crippen LogP contribution in [0.1, 0.15) is 71.1 Å². The third-order valence-electron chi connectivity index (χ3n) is 5.97. The molecular formula is C20H31ClO3S. The molecule has 25 heavy (non-hydrogen) atoms. The number of alkyl halides is 1. The molecule has 2 N–H and O–H groups in total. The van der Waals surface area contributed by atoms with Crippen molar-refractivity contribution in [2.24, 2.45) is 17.8 Å². The predicted molar refractivity (Wildman–Crippen MR) is 105 cm³/mol. The average Bonchev–Trinajstić information content (AvgIpc) is 2.89. The van der Waals surface area contributed by atoms with Crippen LogP contribution in [0.2, 0.25) is 0 Å². The quantitative estimate of drug-likeness (QED) is 0.482. The van der Waals surface area contributed by atoms with Crippen molar-refractivity contribution in [2.45, 2.75) is 82.1 Å². The SMILES string of the molecule is CCC[C@H]1C(O)CC(C2(Cl)CCCCC2)[C@@H]1CCC#CSCC(=O)O. The molecular weight excluding hydrogens is 356 g/mol. The van der Waals surface area contributed by atoms with E-state index in [-0.39, 0.29) is 16.7 Å². The zero-order valence-corrected chi connectivity index (χ0v) is 16.7. The number of aliphatic carboxylic acids is 1. The molecule has 0 aromatic rings. The van der Waals surface area contributed by atoms with Gasteiger partial charge in [0.25, 0.3) is 0 Å². The highest BCUT2D eigenvalue weighted by molar-refractivity contribution is 8.04. The maximum Gasteiger partial charge on any atom is 0.314 e. The molecule has 0 amide bonds. The molecule has 2 saturated carbocycles. The van der Waals surface area contributed by atoms with E-state index in [4.69, 9.17) is 16.7 Å². The van der Waals surface area contributed by atoms with Gasteiger partial charge in [0.2, 0.25) is 0 Å². The second-order valence-electron chi connectivity index (χ2n) is 7.62. The molecule has 5 heteroatoms. The number of aliphatic hydroxyl groups is 1. The van der Waals surface area contributed by atoms with Gasteiger partial charge in [-0.3, -0.25) is 4.79 Å². The van der Waals surface area contributed by atoms with Crippen LogP contribution in [0.4, 0.5) is 0 Å². The van der Waals surface area contributed by atoms with Crippen LogP contribution >= 0.6 is 23.4 Å². The molecule has 0 aromatic carbocycles. The number of hydrogen-bond acceptors (Lipinski definition) is 3. The van der Waals surface area contributed by atoms with E-state index in [1.807, 2.05) is 0 Å². The minimum absolute atomic E-state index is 0.0288. The molecule has 0 aromatic heterocycles. The fraction of sp³-hybridized carbons (Fsp3) is 0.850. The van der Waals surface area contributed by atoms with Crippen LogP contribution in [-0.4, -0.2) is 32.9 Å². The van der Waals surface area contributed by atoms with Gasteiger partial charge in [-0.15, -0.1) is 11.6 Å². The molecule has 0 aliphatic heterocycles. The molecule has 2 aliphatic carbocycles. The minimum atomic E-state index is -0.831. The standard InChI is InChI=1S/C20H31ClO3S/c1-2-8-16-15(9-4-7-12-25-14-19(23)24)17(13-18(16)22)20(21)10-5-3-6-11-20/h15-18,22H,2-6,8-11,13-14H2,1H3,(H,23,24)/t15-,16-,17?,18?/m1/s1.